The van der Waals surface area contributed by atoms with Crippen molar-refractivity contribution in [1.82, 2.24) is 10.3 Å². The zero-order valence-electron chi connectivity index (χ0n) is 12.0. The average Bonchev–Trinajstić information content (AvgIpc) is 2.36. The third-order valence-corrected chi connectivity index (χ3v) is 2.81. The van der Waals surface area contributed by atoms with E-state index in [1.54, 1.807) is 7.11 Å². The summed E-state index contributed by atoms with van der Waals surface area (Å²) in [7, 11) is 3.81. The molecule has 0 aliphatic heterocycles. The lowest BCUT2D eigenvalue weighted by molar-refractivity contribution is 0.196. The van der Waals surface area contributed by atoms with Gasteiger partial charge in [0.15, 0.2) is 0 Å². The number of nitrogens with zero attached hydrogens (tertiary/aromatic N) is 2. The fourth-order valence-corrected chi connectivity index (χ4v) is 1.85. The van der Waals surface area contributed by atoms with Gasteiger partial charge >= 0.3 is 0 Å². The third kappa shape index (κ3) is 5.02. The van der Waals surface area contributed by atoms with Crippen LogP contribution in [0, 0.1) is 6.92 Å². The highest BCUT2D eigenvalue weighted by atomic mass is 16.5. The van der Waals surface area contributed by atoms with Gasteiger partial charge in [-0.15, -0.1) is 0 Å². The van der Waals surface area contributed by atoms with Gasteiger partial charge in [0, 0.05) is 39.5 Å². The van der Waals surface area contributed by atoms with Crippen molar-refractivity contribution in [3.63, 3.8) is 0 Å². The standard InChI is InChI=1S/C14H25N3O/c1-5-15-11-13-9-12(2)16-14(10-13)17(3)7-6-8-18-4/h9-10,15H,5-8,11H2,1-4H3. The molecule has 0 fully saturated rings. The van der Waals surface area contributed by atoms with Gasteiger partial charge in [-0.25, -0.2) is 4.98 Å². The second kappa shape index (κ2) is 8.06. The summed E-state index contributed by atoms with van der Waals surface area (Å²) >= 11 is 0. The summed E-state index contributed by atoms with van der Waals surface area (Å²) in [5, 5.41) is 3.34. The van der Waals surface area contributed by atoms with Gasteiger partial charge in [0.25, 0.3) is 0 Å². The third-order valence-electron chi connectivity index (χ3n) is 2.81. The van der Waals surface area contributed by atoms with E-state index in [0.717, 1.165) is 44.2 Å². The van der Waals surface area contributed by atoms with Crippen molar-refractivity contribution in [3.8, 4) is 0 Å². The molecule has 1 heterocycles. The summed E-state index contributed by atoms with van der Waals surface area (Å²) in [4.78, 5) is 6.76. The molecule has 4 nitrogen and oxygen atoms in total. The summed E-state index contributed by atoms with van der Waals surface area (Å²) in [6.45, 7) is 7.80. The number of nitrogens with one attached hydrogen (secondary N) is 1. The van der Waals surface area contributed by atoms with E-state index in [0.29, 0.717) is 0 Å². The highest BCUT2D eigenvalue weighted by molar-refractivity contribution is 5.41. The molecular formula is C14H25N3O. The Morgan fingerprint density at radius 2 is 2.17 bits per heavy atom. The lowest BCUT2D eigenvalue weighted by atomic mass is 10.2. The second-order valence-corrected chi connectivity index (χ2v) is 4.52. The number of hydrogen-bond donors (Lipinski definition) is 1. The highest BCUT2D eigenvalue weighted by Crippen LogP contribution is 2.14. The molecule has 0 saturated carbocycles. The predicted molar refractivity (Wildman–Crippen MR) is 76.1 cm³/mol. The number of aromatic nitrogens is 1. The zero-order chi connectivity index (χ0) is 13.4. The Labute approximate surface area is 110 Å². The molecule has 0 amide bonds. The maximum Gasteiger partial charge on any atom is 0.128 e. The van der Waals surface area contributed by atoms with E-state index in [9.17, 15) is 0 Å². The van der Waals surface area contributed by atoms with E-state index in [4.69, 9.17) is 4.74 Å². The second-order valence-electron chi connectivity index (χ2n) is 4.52. The monoisotopic (exact) mass is 251 g/mol. The van der Waals surface area contributed by atoms with Crippen LogP contribution in [-0.4, -0.2) is 38.8 Å². The van der Waals surface area contributed by atoms with E-state index in [1.807, 2.05) is 6.92 Å². The molecule has 0 atom stereocenters. The van der Waals surface area contributed by atoms with Crippen LogP contribution in [-0.2, 0) is 11.3 Å². The molecule has 0 spiro atoms. The van der Waals surface area contributed by atoms with Gasteiger partial charge in [0.1, 0.15) is 5.82 Å². The van der Waals surface area contributed by atoms with Crippen molar-refractivity contribution in [1.29, 1.82) is 0 Å². The quantitative estimate of drug-likeness (QED) is 0.717. The lowest BCUT2D eigenvalue weighted by Crippen LogP contribution is -2.21. The van der Waals surface area contributed by atoms with Crippen molar-refractivity contribution in [2.75, 3.05) is 38.8 Å². The number of pyridine rings is 1. The molecular weight excluding hydrogens is 226 g/mol. The van der Waals surface area contributed by atoms with Gasteiger partial charge in [0.05, 0.1) is 0 Å². The first-order chi connectivity index (χ1) is 8.67. The number of hydrogen-bond acceptors (Lipinski definition) is 4. The van der Waals surface area contributed by atoms with Crippen LogP contribution < -0.4 is 10.2 Å². The lowest BCUT2D eigenvalue weighted by Gasteiger charge is -2.19. The Morgan fingerprint density at radius 1 is 1.39 bits per heavy atom. The van der Waals surface area contributed by atoms with Crippen LogP contribution in [0.15, 0.2) is 12.1 Å². The van der Waals surface area contributed by atoms with Crippen molar-refractivity contribution in [3.05, 3.63) is 23.4 Å². The molecule has 4 heteroatoms. The molecule has 1 aromatic rings. The Balaban J connectivity index is 2.65. The highest BCUT2D eigenvalue weighted by Gasteiger charge is 2.05. The molecule has 0 unspecified atom stereocenters. The maximum absolute atomic E-state index is 5.07. The fraction of sp³-hybridized carbons (Fsp3) is 0.643. The molecule has 1 aromatic heterocycles. The molecule has 1 N–H and O–H groups in total. The molecule has 0 aromatic carbocycles. The van der Waals surface area contributed by atoms with Gasteiger partial charge in [-0.05, 0) is 37.6 Å². The van der Waals surface area contributed by atoms with E-state index in [-0.39, 0.29) is 0 Å². The van der Waals surface area contributed by atoms with E-state index in [1.165, 1.54) is 5.56 Å². The van der Waals surface area contributed by atoms with Crippen LogP contribution in [0.5, 0.6) is 0 Å². The molecule has 0 aliphatic carbocycles. The number of aryl methyl sites for hydroxylation is 1. The summed E-state index contributed by atoms with van der Waals surface area (Å²) in [6.07, 6.45) is 1.02. The number of methoxy groups -OCH3 is 1. The molecule has 0 radical (unpaired) electrons. The van der Waals surface area contributed by atoms with Crippen molar-refractivity contribution >= 4 is 5.82 Å². The summed E-state index contributed by atoms with van der Waals surface area (Å²) < 4.78 is 5.07. The summed E-state index contributed by atoms with van der Waals surface area (Å²) in [6, 6.07) is 4.29. The van der Waals surface area contributed by atoms with Gasteiger partial charge < -0.3 is 15.0 Å². The summed E-state index contributed by atoms with van der Waals surface area (Å²) in [5.74, 6) is 1.04. The van der Waals surface area contributed by atoms with Crippen LogP contribution >= 0.6 is 0 Å². The molecule has 0 saturated heterocycles. The van der Waals surface area contributed by atoms with Gasteiger partial charge in [-0.1, -0.05) is 6.92 Å². The predicted octanol–water partition coefficient (Wildman–Crippen LogP) is 1.97. The van der Waals surface area contributed by atoms with Gasteiger partial charge in [0.2, 0.25) is 0 Å². The zero-order valence-corrected chi connectivity index (χ0v) is 12.0. The van der Waals surface area contributed by atoms with Crippen LogP contribution in [0.1, 0.15) is 24.6 Å². The molecule has 18 heavy (non-hydrogen) atoms. The van der Waals surface area contributed by atoms with E-state index >= 15 is 0 Å². The van der Waals surface area contributed by atoms with E-state index < -0.39 is 0 Å². The Kier molecular flexibility index (Phi) is 6.68. The average molecular weight is 251 g/mol. The largest absolute Gasteiger partial charge is 0.385 e. The maximum atomic E-state index is 5.07. The summed E-state index contributed by atoms with van der Waals surface area (Å²) in [5.41, 5.74) is 2.36. The number of ether oxygens (including phenoxy) is 1. The Bertz CT molecular complexity index is 355. The number of anilines is 1. The van der Waals surface area contributed by atoms with Gasteiger partial charge in [-0.3, -0.25) is 0 Å². The van der Waals surface area contributed by atoms with Crippen LogP contribution in [0.4, 0.5) is 5.82 Å². The van der Waals surface area contributed by atoms with Crippen LogP contribution in [0.2, 0.25) is 0 Å². The smallest absolute Gasteiger partial charge is 0.128 e. The Morgan fingerprint density at radius 3 is 2.83 bits per heavy atom. The first-order valence-corrected chi connectivity index (χ1v) is 6.55. The van der Waals surface area contributed by atoms with Crippen LogP contribution in [0.25, 0.3) is 0 Å². The molecule has 102 valence electrons. The SMILES string of the molecule is CCNCc1cc(C)nc(N(C)CCCOC)c1. The molecule has 1 rings (SSSR count). The minimum Gasteiger partial charge on any atom is -0.385 e. The van der Waals surface area contributed by atoms with Crippen molar-refractivity contribution in [2.24, 2.45) is 0 Å². The van der Waals surface area contributed by atoms with Crippen molar-refractivity contribution < 1.29 is 4.74 Å². The molecule has 0 bridgehead atoms. The van der Waals surface area contributed by atoms with E-state index in [2.05, 4.69) is 41.3 Å². The number of rotatable bonds is 8. The first kappa shape index (κ1) is 14.9. The van der Waals surface area contributed by atoms with Crippen LogP contribution in [0.3, 0.4) is 0 Å². The van der Waals surface area contributed by atoms with Gasteiger partial charge in [-0.2, -0.15) is 0 Å². The Hall–Kier alpha value is -1.13. The normalized spacial score (nSPS) is 10.7. The topological polar surface area (TPSA) is 37.4 Å². The minimum atomic E-state index is 0.792. The van der Waals surface area contributed by atoms with Crippen molar-refractivity contribution in [2.45, 2.75) is 26.8 Å². The first-order valence-electron chi connectivity index (χ1n) is 6.55. The minimum absolute atomic E-state index is 0.792. The molecule has 0 aliphatic rings. The fourth-order valence-electron chi connectivity index (χ4n) is 1.85.